The van der Waals surface area contributed by atoms with E-state index >= 15 is 0 Å². The SMILES string of the molecule is CC(C)NC(=O)CN(C[C@H](O)c1ccc(O)c(CO)c1)C(C)(C)C. The number of carbonyl (C=O) groups is 1. The van der Waals surface area contributed by atoms with E-state index in [1.54, 1.807) is 12.1 Å². The number of β-amino-alcohol motifs (C(OH)–C–C–N with tert-alkyl or cyclic N) is 1. The van der Waals surface area contributed by atoms with Gasteiger partial charge in [0.05, 0.1) is 19.3 Å². The molecule has 0 saturated carbocycles. The number of rotatable bonds is 7. The van der Waals surface area contributed by atoms with Gasteiger partial charge in [0.25, 0.3) is 0 Å². The summed E-state index contributed by atoms with van der Waals surface area (Å²) in [6, 6.07) is 4.72. The minimum Gasteiger partial charge on any atom is -0.508 e. The van der Waals surface area contributed by atoms with Crippen LogP contribution in [-0.4, -0.2) is 50.8 Å². The van der Waals surface area contributed by atoms with Crippen molar-refractivity contribution in [2.24, 2.45) is 0 Å². The summed E-state index contributed by atoms with van der Waals surface area (Å²) in [6.07, 6.45) is -0.832. The lowest BCUT2D eigenvalue weighted by Crippen LogP contribution is -2.49. The molecule has 0 fully saturated rings. The van der Waals surface area contributed by atoms with Gasteiger partial charge in [0, 0.05) is 23.7 Å². The number of nitrogens with one attached hydrogen (secondary N) is 1. The van der Waals surface area contributed by atoms with Crippen molar-refractivity contribution in [3.8, 4) is 5.75 Å². The van der Waals surface area contributed by atoms with Crippen molar-refractivity contribution in [2.45, 2.75) is 58.9 Å². The number of aliphatic hydroxyl groups is 2. The number of nitrogens with zero attached hydrogens (tertiary/aromatic N) is 1. The second-order valence-corrected chi connectivity index (χ2v) is 7.34. The molecule has 4 N–H and O–H groups in total. The molecule has 0 saturated heterocycles. The fourth-order valence-electron chi connectivity index (χ4n) is 2.37. The predicted molar refractivity (Wildman–Crippen MR) is 93.6 cm³/mol. The third-order valence-electron chi connectivity index (χ3n) is 3.78. The highest BCUT2D eigenvalue weighted by atomic mass is 16.3. The van der Waals surface area contributed by atoms with Gasteiger partial charge in [0.1, 0.15) is 5.75 Å². The lowest BCUT2D eigenvalue weighted by atomic mass is 10.0. The molecule has 1 atom stereocenters. The molecule has 1 aromatic carbocycles. The molecule has 1 rings (SSSR count). The van der Waals surface area contributed by atoms with Gasteiger partial charge in [0.2, 0.25) is 5.91 Å². The van der Waals surface area contributed by atoms with Crippen molar-refractivity contribution in [1.82, 2.24) is 10.2 Å². The van der Waals surface area contributed by atoms with Gasteiger partial charge in [0.15, 0.2) is 0 Å². The van der Waals surface area contributed by atoms with Crippen LogP contribution in [0.3, 0.4) is 0 Å². The maximum atomic E-state index is 12.1. The second-order valence-electron chi connectivity index (χ2n) is 7.34. The summed E-state index contributed by atoms with van der Waals surface area (Å²) in [5.74, 6) is -0.0914. The lowest BCUT2D eigenvalue weighted by molar-refractivity contribution is -0.124. The maximum Gasteiger partial charge on any atom is 0.234 e. The van der Waals surface area contributed by atoms with Gasteiger partial charge < -0.3 is 20.6 Å². The van der Waals surface area contributed by atoms with E-state index in [1.165, 1.54) is 6.07 Å². The normalized spacial score (nSPS) is 13.4. The van der Waals surface area contributed by atoms with Gasteiger partial charge in [-0.15, -0.1) is 0 Å². The summed E-state index contributed by atoms with van der Waals surface area (Å²) in [6.45, 7) is 9.91. The Bertz CT molecular complexity index is 552. The largest absolute Gasteiger partial charge is 0.508 e. The van der Waals surface area contributed by atoms with Crippen molar-refractivity contribution >= 4 is 5.91 Å². The van der Waals surface area contributed by atoms with Gasteiger partial charge >= 0.3 is 0 Å². The number of carbonyl (C=O) groups excluding carboxylic acids is 1. The molecule has 0 unspecified atom stereocenters. The van der Waals surface area contributed by atoms with Crippen LogP contribution in [0.5, 0.6) is 5.75 Å². The van der Waals surface area contributed by atoms with Crippen LogP contribution in [0, 0.1) is 0 Å². The Morgan fingerprint density at radius 2 is 1.92 bits per heavy atom. The van der Waals surface area contributed by atoms with E-state index in [4.69, 9.17) is 0 Å². The number of aromatic hydroxyl groups is 1. The maximum absolute atomic E-state index is 12.1. The summed E-state index contributed by atoms with van der Waals surface area (Å²) < 4.78 is 0. The highest BCUT2D eigenvalue weighted by molar-refractivity contribution is 5.78. The van der Waals surface area contributed by atoms with E-state index in [2.05, 4.69) is 5.32 Å². The van der Waals surface area contributed by atoms with Crippen LogP contribution < -0.4 is 5.32 Å². The molecule has 1 amide bonds. The fraction of sp³-hybridized carbons (Fsp3) is 0.611. The molecule has 0 aliphatic rings. The summed E-state index contributed by atoms with van der Waals surface area (Å²) in [7, 11) is 0. The van der Waals surface area contributed by atoms with Crippen molar-refractivity contribution in [3.05, 3.63) is 29.3 Å². The molecule has 0 bridgehead atoms. The molecule has 136 valence electrons. The quantitative estimate of drug-likeness (QED) is 0.605. The second kappa shape index (κ2) is 8.46. The minimum atomic E-state index is -0.832. The zero-order valence-corrected chi connectivity index (χ0v) is 15.2. The number of aliphatic hydroxyl groups excluding tert-OH is 2. The molecular weight excluding hydrogens is 308 g/mol. The van der Waals surface area contributed by atoms with Gasteiger partial charge in [-0.05, 0) is 52.3 Å². The molecule has 0 aliphatic heterocycles. The fourth-order valence-corrected chi connectivity index (χ4v) is 2.37. The lowest BCUT2D eigenvalue weighted by Gasteiger charge is -2.36. The minimum absolute atomic E-state index is 0.00237. The highest BCUT2D eigenvalue weighted by Gasteiger charge is 2.26. The number of hydrogen-bond donors (Lipinski definition) is 4. The first kappa shape index (κ1) is 20.4. The van der Waals surface area contributed by atoms with Crippen LogP contribution in [0.25, 0.3) is 0 Å². The van der Waals surface area contributed by atoms with Gasteiger partial charge in [-0.3, -0.25) is 9.69 Å². The first-order chi connectivity index (χ1) is 11.0. The molecule has 1 aromatic rings. The Balaban J connectivity index is 2.88. The Labute approximate surface area is 144 Å². The first-order valence-electron chi connectivity index (χ1n) is 8.19. The van der Waals surface area contributed by atoms with Crippen LogP contribution in [0.4, 0.5) is 0 Å². The average molecular weight is 338 g/mol. The van der Waals surface area contributed by atoms with Crippen molar-refractivity contribution in [3.63, 3.8) is 0 Å². The Hall–Kier alpha value is -1.63. The Morgan fingerprint density at radius 1 is 1.29 bits per heavy atom. The molecule has 0 spiro atoms. The van der Waals surface area contributed by atoms with Crippen LogP contribution in [-0.2, 0) is 11.4 Å². The average Bonchev–Trinajstić information content (AvgIpc) is 2.45. The summed E-state index contributed by atoms with van der Waals surface area (Å²) in [4.78, 5) is 14.0. The predicted octanol–water partition coefficient (Wildman–Crippen LogP) is 1.54. The van der Waals surface area contributed by atoms with E-state index in [9.17, 15) is 20.1 Å². The standard InChI is InChI=1S/C18H30N2O4/c1-12(2)19-17(24)10-20(18(3,4)5)9-16(23)13-6-7-15(22)14(8-13)11-21/h6-8,12,16,21-23H,9-11H2,1-5H3,(H,19,24)/t16-/m0/s1. The monoisotopic (exact) mass is 338 g/mol. The summed E-state index contributed by atoms with van der Waals surface area (Å²) >= 11 is 0. The molecule has 0 heterocycles. The van der Waals surface area contributed by atoms with Gasteiger partial charge in [-0.1, -0.05) is 6.07 Å². The van der Waals surface area contributed by atoms with Crippen LogP contribution in [0.1, 0.15) is 51.8 Å². The summed E-state index contributed by atoms with van der Waals surface area (Å²) in [5.41, 5.74) is 0.660. The number of amides is 1. The first-order valence-corrected chi connectivity index (χ1v) is 8.19. The van der Waals surface area contributed by atoms with Crippen LogP contribution in [0.2, 0.25) is 0 Å². The zero-order valence-electron chi connectivity index (χ0n) is 15.2. The van der Waals surface area contributed by atoms with Crippen molar-refractivity contribution in [1.29, 1.82) is 0 Å². The van der Waals surface area contributed by atoms with E-state index in [1.807, 2.05) is 39.5 Å². The van der Waals surface area contributed by atoms with E-state index < -0.39 is 6.10 Å². The van der Waals surface area contributed by atoms with Crippen LogP contribution >= 0.6 is 0 Å². The topological polar surface area (TPSA) is 93.0 Å². The Morgan fingerprint density at radius 3 is 2.42 bits per heavy atom. The third-order valence-corrected chi connectivity index (χ3v) is 3.78. The zero-order chi connectivity index (χ0) is 18.5. The molecule has 0 aromatic heterocycles. The van der Waals surface area contributed by atoms with E-state index in [-0.39, 0.29) is 42.9 Å². The van der Waals surface area contributed by atoms with Crippen molar-refractivity contribution in [2.75, 3.05) is 13.1 Å². The molecule has 6 nitrogen and oxygen atoms in total. The number of benzene rings is 1. The molecule has 0 aliphatic carbocycles. The van der Waals surface area contributed by atoms with E-state index in [0.717, 1.165) is 0 Å². The number of phenols is 1. The Kier molecular flexibility index (Phi) is 7.20. The molecular formula is C18H30N2O4. The molecule has 24 heavy (non-hydrogen) atoms. The third kappa shape index (κ3) is 6.11. The van der Waals surface area contributed by atoms with Gasteiger partial charge in [-0.25, -0.2) is 0 Å². The number of hydrogen-bond acceptors (Lipinski definition) is 5. The van der Waals surface area contributed by atoms with Crippen molar-refractivity contribution < 1.29 is 20.1 Å². The molecule has 6 heteroatoms. The smallest absolute Gasteiger partial charge is 0.234 e. The van der Waals surface area contributed by atoms with Gasteiger partial charge in [-0.2, -0.15) is 0 Å². The van der Waals surface area contributed by atoms with Crippen LogP contribution in [0.15, 0.2) is 18.2 Å². The van der Waals surface area contributed by atoms with E-state index in [0.29, 0.717) is 11.1 Å². The molecule has 0 radical (unpaired) electrons. The summed E-state index contributed by atoms with van der Waals surface area (Å²) in [5, 5.41) is 32.2. The highest BCUT2D eigenvalue weighted by Crippen LogP contribution is 2.25.